The number of carboxylic acid groups (broad SMARTS) is 1. The first-order chi connectivity index (χ1) is 9.51. The van der Waals surface area contributed by atoms with Crippen molar-refractivity contribution in [3.8, 4) is 0 Å². The lowest BCUT2D eigenvalue weighted by molar-refractivity contribution is 0.0697. The van der Waals surface area contributed by atoms with Crippen molar-refractivity contribution in [2.45, 2.75) is 19.4 Å². The highest BCUT2D eigenvalue weighted by molar-refractivity contribution is 5.94. The fourth-order valence-electron chi connectivity index (χ4n) is 2.41. The number of aromatic carboxylic acids is 1. The van der Waals surface area contributed by atoms with Crippen LogP contribution in [0, 0.1) is 6.92 Å². The summed E-state index contributed by atoms with van der Waals surface area (Å²) in [7, 11) is 1.32. The molecular formula is C14H18N2O4. The van der Waals surface area contributed by atoms with Gasteiger partial charge in [-0.05, 0) is 31.0 Å². The van der Waals surface area contributed by atoms with Gasteiger partial charge in [0.15, 0.2) is 0 Å². The van der Waals surface area contributed by atoms with Gasteiger partial charge in [0.05, 0.1) is 24.4 Å². The number of ether oxygens (including phenoxy) is 1. The standard InChI is InChI=1S/C14H18N2O4/c1-9-3-4-11(13(17)18)12(7-9)16-6-5-10(8-16)15-14(19)20-2/h3-4,7,10H,5-6,8H2,1-2H3,(H,15,19)(H,17,18). The van der Waals surface area contributed by atoms with E-state index in [1.807, 2.05) is 17.9 Å². The molecule has 6 nitrogen and oxygen atoms in total. The van der Waals surface area contributed by atoms with E-state index in [0.29, 0.717) is 18.8 Å². The van der Waals surface area contributed by atoms with Gasteiger partial charge in [0, 0.05) is 13.1 Å². The Kier molecular flexibility index (Phi) is 4.12. The second-order valence-electron chi connectivity index (χ2n) is 4.89. The van der Waals surface area contributed by atoms with Crippen LogP contribution in [-0.2, 0) is 4.74 Å². The lowest BCUT2D eigenvalue weighted by Crippen LogP contribution is -2.37. The van der Waals surface area contributed by atoms with Crippen LogP contribution in [0.3, 0.4) is 0 Å². The summed E-state index contributed by atoms with van der Waals surface area (Å²) in [5.41, 5.74) is 2.00. The summed E-state index contributed by atoms with van der Waals surface area (Å²) < 4.78 is 4.57. The highest BCUT2D eigenvalue weighted by Crippen LogP contribution is 2.26. The number of aryl methyl sites for hydroxylation is 1. The molecule has 1 unspecified atom stereocenters. The lowest BCUT2D eigenvalue weighted by atomic mass is 10.1. The zero-order chi connectivity index (χ0) is 14.7. The van der Waals surface area contributed by atoms with Gasteiger partial charge in [-0.1, -0.05) is 6.07 Å². The Balaban J connectivity index is 2.15. The predicted molar refractivity (Wildman–Crippen MR) is 74.3 cm³/mol. The summed E-state index contributed by atoms with van der Waals surface area (Å²) >= 11 is 0. The van der Waals surface area contributed by atoms with E-state index in [1.54, 1.807) is 12.1 Å². The summed E-state index contributed by atoms with van der Waals surface area (Å²) in [5.74, 6) is -0.940. The topological polar surface area (TPSA) is 78.9 Å². The number of hydrogen-bond donors (Lipinski definition) is 2. The maximum Gasteiger partial charge on any atom is 0.407 e. The molecule has 1 heterocycles. The fraction of sp³-hybridized carbons (Fsp3) is 0.429. The summed E-state index contributed by atoms with van der Waals surface area (Å²) in [6, 6.07) is 5.25. The number of carbonyl (C=O) groups is 2. The molecule has 0 radical (unpaired) electrons. The number of carbonyl (C=O) groups excluding carboxylic acids is 1. The van der Waals surface area contributed by atoms with Crippen molar-refractivity contribution in [1.82, 2.24) is 5.32 Å². The van der Waals surface area contributed by atoms with E-state index in [-0.39, 0.29) is 11.6 Å². The van der Waals surface area contributed by atoms with Crippen LogP contribution in [0.4, 0.5) is 10.5 Å². The van der Waals surface area contributed by atoms with Gasteiger partial charge in [-0.15, -0.1) is 0 Å². The molecule has 0 aliphatic carbocycles. The van der Waals surface area contributed by atoms with Crippen molar-refractivity contribution >= 4 is 17.7 Å². The van der Waals surface area contributed by atoms with Crippen LogP contribution >= 0.6 is 0 Å². The first-order valence-electron chi connectivity index (χ1n) is 6.44. The molecule has 1 saturated heterocycles. The number of alkyl carbamates (subject to hydrolysis) is 1. The second-order valence-corrected chi connectivity index (χ2v) is 4.89. The van der Waals surface area contributed by atoms with Gasteiger partial charge in [0.2, 0.25) is 0 Å². The van der Waals surface area contributed by atoms with Gasteiger partial charge in [-0.25, -0.2) is 9.59 Å². The summed E-state index contributed by atoms with van der Waals surface area (Å²) in [6.07, 6.45) is 0.307. The minimum absolute atomic E-state index is 0.0235. The van der Waals surface area contributed by atoms with E-state index in [1.165, 1.54) is 7.11 Å². The fourth-order valence-corrected chi connectivity index (χ4v) is 2.41. The summed E-state index contributed by atoms with van der Waals surface area (Å²) in [6.45, 7) is 3.21. The number of nitrogens with one attached hydrogen (secondary N) is 1. The zero-order valence-electron chi connectivity index (χ0n) is 11.5. The van der Waals surface area contributed by atoms with Crippen molar-refractivity contribution < 1.29 is 19.4 Å². The average Bonchev–Trinajstić information content (AvgIpc) is 2.86. The van der Waals surface area contributed by atoms with Crippen molar-refractivity contribution in [2.24, 2.45) is 0 Å². The Hall–Kier alpha value is -2.24. The number of anilines is 1. The van der Waals surface area contributed by atoms with Crippen LogP contribution < -0.4 is 10.2 Å². The molecule has 1 amide bonds. The van der Waals surface area contributed by atoms with Gasteiger partial charge >= 0.3 is 12.1 Å². The van der Waals surface area contributed by atoms with Crippen LogP contribution in [0.25, 0.3) is 0 Å². The maximum atomic E-state index is 11.3. The van der Waals surface area contributed by atoms with E-state index < -0.39 is 12.1 Å². The molecule has 1 atom stereocenters. The van der Waals surface area contributed by atoms with Crippen molar-refractivity contribution in [3.63, 3.8) is 0 Å². The lowest BCUT2D eigenvalue weighted by Gasteiger charge is -2.21. The minimum atomic E-state index is -0.940. The van der Waals surface area contributed by atoms with Crippen LogP contribution in [-0.4, -0.2) is 43.4 Å². The number of methoxy groups -OCH3 is 1. The van der Waals surface area contributed by atoms with Gasteiger partial charge in [-0.3, -0.25) is 0 Å². The summed E-state index contributed by atoms with van der Waals surface area (Å²) in [4.78, 5) is 24.5. The molecule has 1 fully saturated rings. The van der Waals surface area contributed by atoms with E-state index in [9.17, 15) is 14.7 Å². The third-order valence-electron chi connectivity index (χ3n) is 3.42. The molecule has 0 aromatic heterocycles. The first kappa shape index (κ1) is 14.2. The smallest absolute Gasteiger partial charge is 0.407 e. The van der Waals surface area contributed by atoms with Crippen LogP contribution in [0.5, 0.6) is 0 Å². The minimum Gasteiger partial charge on any atom is -0.478 e. The third kappa shape index (κ3) is 3.01. The normalized spacial score (nSPS) is 17.9. The molecule has 6 heteroatoms. The Labute approximate surface area is 117 Å². The highest BCUT2D eigenvalue weighted by Gasteiger charge is 2.27. The van der Waals surface area contributed by atoms with Crippen LogP contribution in [0.1, 0.15) is 22.3 Å². The van der Waals surface area contributed by atoms with E-state index in [0.717, 1.165) is 12.0 Å². The van der Waals surface area contributed by atoms with Crippen molar-refractivity contribution in [2.75, 3.05) is 25.1 Å². The molecule has 108 valence electrons. The van der Waals surface area contributed by atoms with E-state index in [4.69, 9.17) is 0 Å². The highest BCUT2D eigenvalue weighted by atomic mass is 16.5. The molecular weight excluding hydrogens is 260 g/mol. The Bertz CT molecular complexity index is 530. The molecule has 2 N–H and O–H groups in total. The number of amides is 1. The molecule has 0 bridgehead atoms. The van der Waals surface area contributed by atoms with E-state index in [2.05, 4.69) is 10.1 Å². The van der Waals surface area contributed by atoms with Crippen LogP contribution in [0.15, 0.2) is 18.2 Å². The monoisotopic (exact) mass is 278 g/mol. The number of nitrogens with zero attached hydrogens (tertiary/aromatic N) is 1. The van der Waals surface area contributed by atoms with Gasteiger partial charge in [-0.2, -0.15) is 0 Å². The molecule has 0 spiro atoms. The molecule has 1 aliphatic rings. The van der Waals surface area contributed by atoms with Crippen LogP contribution in [0.2, 0.25) is 0 Å². The third-order valence-corrected chi connectivity index (χ3v) is 3.42. The molecule has 1 aliphatic heterocycles. The van der Waals surface area contributed by atoms with Gasteiger partial charge in [0.1, 0.15) is 0 Å². The molecule has 0 saturated carbocycles. The average molecular weight is 278 g/mol. The quantitative estimate of drug-likeness (QED) is 0.878. The van der Waals surface area contributed by atoms with Crippen molar-refractivity contribution in [3.05, 3.63) is 29.3 Å². The molecule has 1 aromatic carbocycles. The Morgan fingerprint density at radius 1 is 1.45 bits per heavy atom. The van der Waals surface area contributed by atoms with Gasteiger partial charge in [0.25, 0.3) is 0 Å². The van der Waals surface area contributed by atoms with E-state index >= 15 is 0 Å². The van der Waals surface area contributed by atoms with Crippen molar-refractivity contribution in [1.29, 1.82) is 0 Å². The second kappa shape index (κ2) is 5.81. The SMILES string of the molecule is COC(=O)NC1CCN(c2cc(C)ccc2C(=O)O)C1. The Morgan fingerprint density at radius 3 is 2.85 bits per heavy atom. The predicted octanol–water partition coefficient (Wildman–Crippen LogP) is 1.63. The number of hydrogen-bond acceptors (Lipinski definition) is 4. The largest absolute Gasteiger partial charge is 0.478 e. The number of benzene rings is 1. The maximum absolute atomic E-state index is 11.3. The number of rotatable bonds is 3. The Morgan fingerprint density at radius 2 is 2.20 bits per heavy atom. The summed E-state index contributed by atoms with van der Waals surface area (Å²) in [5, 5.41) is 12.0. The molecule has 20 heavy (non-hydrogen) atoms. The number of carboxylic acids is 1. The molecule has 1 aromatic rings. The zero-order valence-corrected chi connectivity index (χ0v) is 11.5. The van der Waals surface area contributed by atoms with Gasteiger partial charge < -0.3 is 20.1 Å². The first-order valence-corrected chi connectivity index (χ1v) is 6.44. The molecule has 2 rings (SSSR count).